The predicted octanol–water partition coefficient (Wildman–Crippen LogP) is 2.64. The lowest BCUT2D eigenvalue weighted by atomic mass is 9.48. The van der Waals surface area contributed by atoms with Crippen LogP contribution in [0.15, 0.2) is 12.1 Å². The van der Waals surface area contributed by atoms with Crippen molar-refractivity contribution in [2.75, 3.05) is 40.5 Å². The second-order valence-electron chi connectivity index (χ2n) is 10.0. The summed E-state index contributed by atoms with van der Waals surface area (Å²) in [5.74, 6) is 1.74. The number of ether oxygens (including phenoxy) is 4. The first kappa shape index (κ1) is 19.4. The SMILES string of the molecule is COc1ccc2c(c1OC)[C@]13CCN(CC4CC4)[C@H](C2)[C@]1(O)CCC1(C3)OCCO1. The van der Waals surface area contributed by atoms with Crippen LogP contribution in [0.5, 0.6) is 11.5 Å². The summed E-state index contributed by atoms with van der Waals surface area (Å²) in [6.45, 7) is 3.38. The first-order chi connectivity index (χ1) is 14.5. The third-order valence-corrected chi connectivity index (χ3v) is 8.63. The number of fused-ring (bicyclic) bond motifs is 1. The van der Waals surface area contributed by atoms with Crippen LogP contribution < -0.4 is 9.47 Å². The summed E-state index contributed by atoms with van der Waals surface area (Å²) < 4.78 is 24.0. The Hall–Kier alpha value is -1.34. The van der Waals surface area contributed by atoms with Crippen molar-refractivity contribution in [1.82, 2.24) is 4.90 Å². The molecule has 0 unspecified atom stereocenters. The largest absolute Gasteiger partial charge is 0.493 e. The molecule has 5 aliphatic rings. The lowest BCUT2D eigenvalue weighted by Gasteiger charge is -2.65. The fourth-order valence-electron chi connectivity index (χ4n) is 7.10. The van der Waals surface area contributed by atoms with Gasteiger partial charge in [-0.1, -0.05) is 6.07 Å². The number of likely N-dealkylation sites (tertiary alicyclic amines) is 1. The minimum Gasteiger partial charge on any atom is -0.493 e. The molecular formula is C24H33NO5. The van der Waals surface area contributed by atoms with E-state index in [1.165, 1.54) is 18.4 Å². The maximum absolute atomic E-state index is 12.5. The molecule has 3 aliphatic carbocycles. The Labute approximate surface area is 178 Å². The van der Waals surface area contributed by atoms with Gasteiger partial charge in [-0.25, -0.2) is 0 Å². The molecule has 0 amide bonds. The van der Waals surface area contributed by atoms with Crippen LogP contribution in [0.25, 0.3) is 0 Å². The van der Waals surface area contributed by atoms with Crippen molar-refractivity contribution in [1.29, 1.82) is 0 Å². The van der Waals surface area contributed by atoms with E-state index < -0.39 is 16.8 Å². The van der Waals surface area contributed by atoms with Gasteiger partial charge in [-0.05, 0) is 56.2 Å². The molecule has 1 spiro atoms. The van der Waals surface area contributed by atoms with E-state index in [4.69, 9.17) is 18.9 Å². The number of aliphatic hydroxyl groups is 1. The molecular weight excluding hydrogens is 382 g/mol. The number of hydrogen-bond acceptors (Lipinski definition) is 6. The van der Waals surface area contributed by atoms with Gasteiger partial charge in [-0.15, -0.1) is 0 Å². The predicted molar refractivity (Wildman–Crippen MR) is 111 cm³/mol. The molecule has 4 fully saturated rings. The Morgan fingerprint density at radius 1 is 1.10 bits per heavy atom. The molecule has 0 radical (unpaired) electrons. The smallest absolute Gasteiger partial charge is 0.169 e. The Kier molecular flexibility index (Phi) is 4.24. The fourth-order valence-corrected chi connectivity index (χ4v) is 7.10. The van der Waals surface area contributed by atoms with Gasteiger partial charge < -0.3 is 24.1 Å². The van der Waals surface area contributed by atoms with E-state index in [1.807, 2.05) is 6.07 Å². The van der Waals surface area contributed by atoms with Gasteiger partial charge in [0.2, 0.25) is 0 Å². The number of hydrogen-bond donors (Lipinski definition) is 1. The molecule has 2 saturated heterocycles. The summed E-state index contributed by atoms with van der Waals surface area (Å²) in [6.07, 6.45) is 6.53. The third-order valence-electron chi connectivity index (χ3n) is 8.63. The highest BCUT2D eigenvalue weighted by atomic mass is 16.7. The minimum atomic E-state index is -0.812. The van der Waals surface area contributed by atoms with E-state index in [-0.39, 0.29) is 6.04 Å². The molecule has 164 valence electrons. The van der Waals surface area contributed by atoms with Gasteiger partial charge >= 0.3 is 0 Å². The summed E-state index contributed by atoms with van der Waals surface area (Å²) in [6, 6.07) is 4.33. The Balaban J connectivity index is 1.53. The molecule has 0 aromatic heterocycles. The van der Waals surface area contributed by atoms with E-state index >= 15 is 0 Å². The standard InChI is InChI=1S/C24H33NO5/c1-27-18-6-5-17-13-19-24(26)8-7-23(29-11-12-30-23)15-22(24,20(17)21(18)28-2)9-10-25(19)14-16-3-4-16/h5-6,16,19,26H,3-4,7-15H2,1-2H3/t19-,22-,24-/m1/s1. The van der Waals surface area contributed by atoms with Crippen LogP contribution in [0.4, 0.5) is 0 Å². The number of benzene rings is 1. The number of rotatable bonds is 4. The van der Waals surface area contributed by atoms with E-state index in [0.29, 0.717) is 26.1 Å². The monoisotopic (exact) mass is 415 g/mol. The third kappa shape index (κ3) is 2.51. The molecule has 3 atom stereocenters. The van der Waals surface area contributed by atoms with Crippen LogP contribution in [0.2, 0.25) is 0 Å². The van der Waals surface area contributed by atoms with Crippen LogP contribution in [0, 0.1) is 5.92 Å². The summed E-state index contributed by atoms with van der Waals surface area (Å²) >= 11 is 0. The van der Waals surface area contributed by atoms with Crippen molar-refractivity contribution in [2.45, 2.75) is 67.8 Å². The zero-order chi connectivity index (χ0) is 20.6. The van der Waals surface area contributed by atoms with Crippen LogP contribution in [0.1, 0.15) is 49.7 Å². The molecule has 1 aromatic rings. The highest BCUT2D eigenvalue weighted by Gasteiger charge is 2.69. The normalized spacial score (nSPS) is 37.0. The average Bonchev–Trinajstić information content (AvgIpc) is 3.46. The van der Waals surface area contributed by atoms with Gasteiger partial charge in [-0.3, -0.25) is 4.90 Å². The molecule has 2 saturated carbocycles. The number of methoxy groups -OCH3 is 2. The van der Waals surface area contributed by atoms with E-state index in [1.54, 1.807) is 14.2 Å². The summed E-state index contributed by atoms with van der Waals surface area (Å²) in [7, 11) is 3.40. The maximum Gasteiger partial charge on any atom is 0.169 e. The maximum atomic E-state index is 12.5. The van der Waals surface area contributed by atoms with Crippen molar-refractivity contribution in [3.05, 3.63) is 23.3 Å². The lowest BCUT2D eigenvalue weighted by molar-refractivity contribution is -0.259. The highest BCUT2D eigenvalue weighted by molar-refractivity contribution is 5.59. The summed E-state index contributed by atoms with van der Waals surface area (Å²) in [4.78, 5) is 2.59. The van der Waals surface area contributed by atoms with Crippen molar-refractivity contribution >= 4 is 0 Å². The Morgan fingerprint density at radius 2 is 1.90 bits per heavy atom. The molecule has 1 aromatic carbocycles. The molecule has 6 rings (SSSR count). The minimum absolute atomic E-state index is 0.135. The van der Waals surface area contributed by atoms with Gasteiger partial charge in [0.05, 0.1) is 33.0 Å². The molecule has 6 heteroatoms. The molecule has 30 heavy (non-hydrogen) atoms. The lowest BCUT2D eigenvalue weighted by Crippen LogP contribution is -2.75. The fraction of sp³-hybridized carbons (Fsp3) is 0.750. The second-order valence-corrected chi connectivity index (χ2v) is 10.0. The number of piperidine rings is 1. The Morgan fingerprint density at radius 3 is 2.60 bits per heavy atom. The topological polar surface area (TPSA) is 60.4 Å². The van der Waals surface area contributed by atoms with Crippen LogP contribution in [-0.4, -0.2) is 68.0 Å². The zero-order valence-corrected chi connectivity index (χ0v) is 18.1. The van der Waals surface area contributed by atoms with E-state index in [9.17, 15) is 5.11 Å². The zero-order valence-electron chi connectivity index (χ0n) is 18.1. The van der Waals surface area contributed by atoms with Crippen LogP contribution >= 0.6 is 0 Å². The Bertz CT molecular complexity index is 848. The van der Waals surface area contributed by atoms with E-state index in [0.717, 1.165) is 55.3 Å². The van der Waals surface area contributed by atoms with Gasteiger partial charge in [0.15, 0.2) is 17.3 Å². The average molecular weight is 416 g/mol. The first-order valence-electron chi connectivity index (χ1n) is 11.5. The van der Waals surface area contributed by atoms with Gasteiger partial charge in [-0.2, -0.15) is 0 Å². The molecule has 6 nitrogen and oxygen atoms in total. The number of nitrogens with zero attached hydrogens (tertiary/aromatic N) is 1. The molecule has 2 aliphatic heterocycles. The van der Waals surface area contributed by atoms with Gasteiger partial charge in [0.1, 0.15) is 0 Å². The van der Waals surface area contributed by atoms with Crippen LogP contribution in [0.3, 0.4) is 0 Å². The van der Waals surface area contributed by atoms with Crippen molar-refractivity contribution < 1.29 is 24.1 Å². The van der Waals surface area contributed by atoms with Crippen molar-refractivity contribution in [2.24, 2.45) is 5.92 Å². The van der Waals surface area contributed by atoms with E-state index in [2.05, 4.69) is 11.0 Å². The molecule has 2 heterocycles. The summed E-state index contributed by atoms with van der Waals surface area (Å²) in [5, 5.41) is 12.5. The molecule has 1 N–H and O–H groups in total. The van der Waals surface area contributed by atoms with Gasteiger partial charge in [0.25, 0.3) is 0 Å². The van der Waals surface area contributed by atoms with Crippen LogP contribution in [-0.2, 0) is 21.3 Å². The molecule has 2 bridgehead atoms. The second kappa shape index (κ2) is 6.58. The van der Waals surface area contributed by atoms with Gasteiger partial charge in [0, 0.05) is 36.4 Å². The highest BCUT2D eigenvalue weighted by Crippen LogP contribution is 2.64. The first-order valence-corrected chi connectivity index (χ1v) is 11.5. The van der Waals surface area contributed by atoms with Crippen molar-refractivity contribution in [3.8, 4) is 11.5 Å². The summed E-state index contributed by atoms with van der Waals surface area (Å²) in [5.41, 5.74) is 1.14. The van der Waals surface area contributed by atoms with Crippen molar-refractivity contribution in [3.63, 3.8) is 0 Å². The quantitative estimate of drug-likeness (QED) is 0.816.